The molecule has 2 fully saturated rings. The Kier molecular flexibility index (Phi) is 4.75. The Balaban J connectivity index is 1.24. The lowest BCUT2D eigenvalue weighted by Crippen LogP contribution is -2.48. The Morgan fingerprint density at radius 2 is 1.88 bits per heavy atom. The molecule has 0 spiro atoms. The molecule has 0 unspecified atom stereocenters. The molecule has 0 radical (unpaired) electrons. The van der Waals surface area contributed by atoms with Gasteiger partial charge in [0.15, 0.2) is 5.65 Å². The first kappa shape index (κ1) is 19.5. The molecule has 1 saturated carbocycles. The van der Waals surface area contributed by atoms with Crippen molar-refractivity contribution in [3.63, 3.8) is 0 Å². The van der Waals surface area contributed by atoms with E-state index in [4.69, 9.17) is 14.8 Å². The number of aryl methyl sites for hydroxylation is 1. The fourth-order valence-electron chi connectivity index (χ4n) is 5.25. The first-order valence-electron chi connectivity index (χ1n) is 11.1. The number of piperidine rings is 1. The quantitative estimate of drug-likeness (QED) is 0.487. The maximum absolute atomic E-state index is 5.29. The SMILES string of the molecule is COc1ccc(-c2cccn3nc(N[C@@H]4[C@@H]5CC[C@H]4CN(c4cc(C)ns4)C5)nc23)cc1. The summed E-state index contributed by atoms with van der Waals surface area (Å²) in [6, 6.07) is 14.8. The predicted octanol–water partition coefficient (Wildman–Crippen LogP) is 4.50. The number of anilines is 2. The molecule has 1 saturated heterocycles. The highest BCUT2D eigenvalue weighted by atomic mass is 32.1. The second-order valence-corrected chi connectivity index (χ2v) is 9.62. The first-order chi connectivity index (χ1) is 15.7. The predicted molar refractivity (Wildman–Crippen MR) is 128 cm³/mol. The summed E-state index contributed by atoms with van der Waals surface area (Å²) in [7, 11) is 1.68. The van der Waals surface area contributed by atoms with Crippen LogP contribution >= 0.6 is 11.5 Å². The van der Waals surface area contributed by atoms with Crippen LogP contribution in [0.3, 0.4) is 0 Å². The first-order valence-corrected chi connectivity index (χ1v) is 11.9. The molecule has 6 rings (SSSR count). The second-order valence-electron chi connectivity index (χ2n) is 8.83. The number of benzene rings is 1. The lowest BCUT2D eigenvalue weighted by atomic mass is 9.92. The van der Waals surface area contributed by atoms with Crippen molar-refractivity contribution >= 4 is 28.1 Å². The molecule has 3 aromatic heterocycles. The Bertz CT molecular complexity index is 1240. The van der Waals surface area contributed by atoms with E-state index >= 15 is 0 Å². The number of hydrogen-bond donors (Lipinski definition) is 1. The third-order valence-corrected chi connectivity index (χ3v) is 7.76. The molecule has 2 aliphatic rings. The molecule has 32 heavy (non-hydrogen) atoms. The smallest absolute Gasteiger partial charge is 0.243 e. The van der Waals surface area contributed by atoms with Gasteiger partial charge in [-0.05, 0) is 79.0 Å². The summed E-state index contributed by atoms with van der Waals surface area (Å²) in [5.74, 6) is 2.77. The fourth-order valence-corrected chi connectivity index (χ4v) is 6.03. The number of nitrogens with zero attached hydrogens (tertiary/aromatic N) is 5. The zero-order chi connectivity index (χ0) is 21.7. The van der Waals surface area contributed by atoms with Crippen LogP contribution in [0.4, 0.5) is 10.9 Å². The monoisotopic (exact) mass is 446 g/mol. The topological polar surface area (TPSA) is 67.6 Å². The molecule has 1 aliphatic heterocycles. The number of ether oxygens (including phenoxy) is 1. The van der Waals surface area contributed by atoms with E-state index in [0.717, 1.165) is 47.3 Å². The maximum atomic E-state index is 5.29. The average molecular weight is 447 g/mol. The lowest BCUT2D eigenvalue weighted by molar-refractivity contribution is 0.377. The summed E-state index contributed by atoms with van der Waals surface area (Å²) in [5.41, 5.74) is 4.14. The van der Waals surface area contributed by atoms with E-state index in [0.29, 0.717) is 17.9 Å². The van der Waals surface area contributed by atoms with E-state index in [1.807, 2.05) is 28.9 Å². The van der Waals surface area contributed by atoms with Crippen LogP contribution in [-0.4, -0.2) is 45.2 Å². The zero-order valence-electron chi connectivity index (χ0n) is 18.2. The molecule has 7 nitrogen and oxygen atoms in total. The Morgan fingerprint density at radius 3 is 2.56 bits per heavy atom. The van der Waals surface area contributed by atoms with E-state index < -0.39 is 0 Å². The van der Waals surface area contributed by atoms with Crippen molar-refractivity contribution in [2.75, 3.05) is 30.4 Å². The van der Waals surface area contributed by atoms with Gasteiger partial charge >= 0.3 is 0 Å². The van der Waals surface area contributed by atoms with Crippen LogP contribution in [0.5, 0.6) is 5.75 Å². The van der Waals surface area contributed by atoms with Gasteiger partial charge in [0.2, 0.25) is 5.95 Å². The van der Waals surface area contributed by atoms with Crippen LogP contribution in [0.1, 0.15) is 18.5 Å². The summed E-state index contributed by atoms with van der Waals surface area (Å²) in [6.45, 7) is 4.21. The molecule has 1 aromatic carbocycles. The molecular formula is C24H26N6OS. The van der Waals surface area contributed by atoms with Crippen LogP contribution < -0.4 is 15.0 Å². The Hall–Kier alpha value is -3.13. The van der Waals surface area contributed by atoms with Gasteiger partial charge in [0.1, 0.15) is 10.8 Å². The number of rotatable bonds is 5. The largest absolute Gasteiger partial charge is 0.497 e. The normalized spacial score (nSPS) is 22.4. The number of fused-ring (bicyclic) bond motifs is 3. The molecule has 3 atom stereocenters. The number of nitrogens with one attached hydrogen (secondary N) is 1. The van der Waals surface area contributed by atoms with Crippen LogP contribution in [0.2, 0.25) is 0 Å². The van der Waals surface area contributed by atoms with Gasteiger partial charge in [-0.25, -0.2) is 4.52 Å². The van der Waals surface area contributed by atoms with Crippen molar-refractivity contribution in [2.45, 2.75) is 25.8 Å². The van der Waals surface area contributed by atoms with Gasteiger partial charge in [0.05, 0.1) is 12.8 Å². The molecule has 4 aromatic rings. The fraction of sp³-hybridized carbons (Fsp3) is 0.375. The third kappa shape index (κ3) is 3.39. The van der Waals surface area contributed by atoms with Gasteiger partial charge in [-0.1, -0.05) is 12.1 Å². The van der Waals surface area contributed by atoms with Crippen molar-refractivity contribution in [1.29, 1.82) is 0 Å². The van der Waals surface area contributed by atoms with Crippen molar-refractivity contribution in [2.24, 2.45) is 11.8 Å². The van der Waals surface area contributed by atoms with Gasteiger partial charge in [-0.15, -0.1) is 5.10 Å². The van der Waals surface area contributed by atoms with E-state index in [-0.39, 0.29) is 0 Å². The van der Waals surface area contributed by atoms with Crippen LogP contribution in [0.15, 0.2) is 48.7 Å². The molecule has 1 aliphatic carbocycles. The van der Waals surface area contributed by atoms with Crippen LogP contribution in [0.25, 0.3) is 16.8 Å². The van der Waals surface area contributed by atoms with Gasteiger partial charge in [-0.2, -0.15) is 9.36 Å². The number of pyridine rings is 1. The second kappa shape index (κ2) is 7.78. The van der Waals surface area contributed by atoms with Crippen molar-refractivity contribution in [3.8, 4) is 16.9 Å². The van der Waals surface area contributed by atoms with Crippen LogP contribution in [0, 0.1) is 18.8 Å². The lowest BCUT2D eigenvalue weighted by Gasteiger charge is -2.38. The number of hydrogen-bond acceptors (Lipinski definition) is 7. The zero-order valence-corrected chi connectivity index (χ0v) is 19.0. The molecule has 8 heteroatoms. The van der Waals surface area contributed by atoms with Gasteiger partial charge in [-0.3, -0.25) is 0 Å². The Morgan fingerprint density at radius 1 is 1.09 bits per heavy atom. The highest BCUT2D eigenvalue weighted by molar-refractivity contribution is 7.10. The van der Waals surface area contributed by atoms with Crippen molar-refractivity contribution in [3.05, 3.63) is 54.4 Å². The summed E-state index contributed by atoms with van der Waals surface area (Å²) < 4.78 is 11.6. The third-order valence-electron chi connectivity index (χ3n) is 6.82. The molecule has 164 valence electrons. The van der Waals surface area contributed by atoms with Crippen LogP contribution in [-0.2, 0) is 0 Å². The maximum Gasteiger partial charge on any atom is 0.243 e. The minimum atomic E-state index is 0.419. The minimum absolute atomic E-state index is 0.419. The minimum Gasteiger partial charge on any atom is -0.497 e. The van der Waals surface area contributed by atoms with Crippen molar-refractivity contribution < 1.29 is 4.74 Å². The van der Waals surface area contributed by atoms with E-state index in [1.54, 1.807) is 18.6 Å². The number of methoxy groups -OCH3 is 1. The highest BCUT2D eigenvalue weighted by Crippen LogP contribution is 2.41. The van der Waals surface area contributed by atoms with E-state index in [2.05, 4.69) is 45.8 Å². The number of aromatic nitrogens is 4. The van der Waals surface area contributed by atoms with Crippen molar-refractivity contribution in [1.82, 2.24) is 19.0 Å². The molecule has 2 bridgehead atoms. The van der Waals surface area contributed by atoms with E-state index in [1.165, 1.54) is 17.8 Å². The average Bonchev–Trinajstić information content (AvgIpc) is 3.49. The summed E-state index contributed by atoms with van der Waals surface area (Å²) in [5, 5.41) is 9.76. The summed E-state index contributed by atoms with van der Waals surface area (Å²) in [6.07, 6.45) is 4.46. The molecule has 4 heterocycles. The van der Waals surface area contributed by atoms with Gasteiger partial charge < -0.3 is 15.0 Å². The Labute approximate surface area is 191 Å². The standard InChI is InChI=1S/C24H26N6OS/c1-15-12-21(32-28-15)29-13-17-5-6-18(14-29)22(17)25-24-26-23-20(4-3-11-30(23)27-24)16-7-9-19(31-2)10-8-16/h3-4,7-12,17-18,22H,5-6,13-14H2,1-2H3,(H,25,27)/t17-,18+,22-. The highest BCUT2D eigenvalue weighted by Gasteiger charge is 2.43. The van der Waals surface area contributed by atoms with Gasteiger partial charge in [0.25, 0.3) is 0 Å². The summed E-state index contributed by atoms with van der Waals surface area (Å²) >= 11 is 1.62. The van der Waals surface area contributed by atoms with Gasteiger partial charge in [0, 0.05) is 30.9 Å². The molecule has 0 amide bonds. The summed E-state index contributed by atoms with van der Waals surface area (Å²) in [4.78, 5) is 7.41. The molecule has 1 N–H and O–H groups in total. The molecular weight excluding hydrogens is 420 g/mol. The van der Waals surface area contributed by atoms with E-state index in [9.17, 15) is 0 Å².